The molecule has 2 fully saturated rings. The number of esters is 1. The summed E-state index contributed by atoms with van der Waals surface area (Å²) in [5.74, 6) is 1.25. The molecule has 0 heterocycles. The van der Waals surface area contributed by atoms with Crippen LogP contribution in [0, 0.1) is 11.8 Å². The first kappa shape index (κ1) is 18.1. The number of hydrogen-bond acceptors (Lipinski definition) is 4. The Morgan fingerprint density at radius 2 is 1.59 bits per heavy atom. The minimum atomic E-state index is -1.24. The van der Waals surface area contributed by atoms with Crippen molar-refractivity contribution >= 4 is 33.2 Å². The Kier molecular flexibility index (Phi) is 7.04. The van der Waals surface area contributed by atoms with Crippen molar-refractivity contribution in [2.24, 2.45) is 11.8 Å². The maximum Gasteiger partial charge on any atom is 0.333 e. The Balaban J connectivity index is 1.76. The smallest absolute Gasteiger partial charge is 0.333 e. The Bertz CT molecular complexity index is 520. The van der Waals surface area contributed by atoms with Crippen LogP contribution in [0.3, 0.4) is 0 Å². The largest absolute Gasteiger partial charge is 0.459 e. The maximum atomic E-state index is 11.8. The topological polar surface area (TPSA) is 43.4 Å². The molecule has 0 aromatic heterocycles. The molecule has 2 aliphatic rings. The van der Waals surface area contributed by atoms with Crippen molar-refractivity contribution in [1.82, 2.24) is 0 Å². The summed E-state index contributed by atoms with van der Waals surface area (Å²) in [7, 11) is 1.11. The molecule has 0 radical (unpaired) electrons. The van der Waals surface area contributed by atoms with Gasteiger partial charge in [-0.25, -0.2) is 4.79 Å². The molecule has 2 rings (SSSR count). The van der Waals surface area contributed by atoms with E-state index in [4.69, 9.17) is 15.9 Å². The number of ether oxygens (including phenoxy) is 1. The van der Waals surface area contributed by atoms with Crippen LogP contribution in [0.4, 0.5) is 0 Å². The molecular formula is C16H25O3PS2. The highest BCUT2D eigenvalue weighted by Gasteiger charge is 2.32. The number of carbonyl (C=O) groups excluding carboxylic acids is 1. The summed E-state index contributed by atoms with van der Waals surface area (Å²) in [6, 6.07) is 0. The second-order valence-corrected chi connectivity index (χ2v) is 11.0. The van der Waals surface area contributed by atoms with Crippen molar-refractivity contribution in [3.63, 3.8) is 0 Å². The van der Waals surface area contributed by atoms with E-state index in [0.717, 1.165) is 59.9 Å². The lowest BCUT2D eigenvalue weighted by molar-refractivity contribution is -0.146. The molecule has 1 atom stereocenters. The minimum Gasteiger partial charge on any atom is -0.459 e. The molecule has 0 saturated heterocycles. The lowest BCUT2D eigenvalue weighted by atomic mass is 9.73. The van der Waals surface area contributed by atoms with Gasteiger partial charge in [0.2, 0.25) is 0 Å². The first-order chi connectivity index (χ1) is 10.5. The van der Waals surface area contributed by atoms with Crippen LogP contribution in [-0.2, 0) is 34.8 Å². The van der Waals surface area contributed by atoms with Gasteiger partial charge in [-0.1, -0.05) is 6.58 Å². The van der Waals surface area contributed by atoms with E-state index < -0.39 is 6.58 Å². The summed E-state index contributed by atoms with van der Waals surface area (Å²) in [6.45, 7) is 4.08. The highest BCUT2D eigenvalue weighted by molar-refractivity contribution is 8.32. The SMILES string of the molecule is C=C(C)C(=O)OC1CCC(C2CCC(P(=O)=S=S)CC2)CC1. The maximum absolute atomic E-state index is 11.8. The third-order valence-electron chi connectivity index (χ3n) is 5.12. The van der Waals surface area contributed by atoms with Gasteiger partial charge in [0.1, 0.15) is 6.10 Å². The highest BCUT2D eigenvalue weighted by Crippen LogP contribution is 2.42. The van der Waals surface area contributed by atoms with Crippen molar-refractivity contribution in [1.29, 1.82) is 0 Å². The van der Waals surface area contributed by atoms with E-state index in [-0.39, 0.29) is 12.1 Å². The summed E-state index contributed by atoms with van der Waals surface area (Å²) in [6.07, 6.45) is 8.80. The van der Waals surface area contributed by atoms with E-state index in [0.29, 0.717) is 11.2 Å². The normalized spacial score (nSPS) is 32.9. The molecular weight excluding hydrogens is 335 g/mol. The predicted octanol–water partition coefficient (Wildman–Crippen LogP) is 4.51. The molecule has 0 aliphatic heterocycles. The van der Waals surface area contributed by atoms with Gasteiger partial charge in [-0.05, 0) is 90.8 Å². The summed E-state index contributed by atoms with van der Waals surface area (Å²) in [5, 5.41) is 0. The summed E-state index contributed by atoms with van der Waals surface area (Å²) >= 11 is 4.86. The van der Waals surface area contributed by atoms with Crippen molar-refractivity contribution in [3.05, 3.63) is 12.2 Å². The molecule has 124 valence electrons. The zero-order valence-electron chi connectivity index (χ0n) is 13.2. The van der Waals surface area contributed by atoms with Crippen molar-refractivity contribution < 1.29 is 14.1 Å². The number of rotatable bonds is 4. The number of carbonyl (C=O) groups is 1. The zero-order chi connectivity index (χ0) is 16.1. The van der Waals surface area contributed by atoms with Crippen LogP contribution in [0.5, 0.6) is 0 Å². The standard InChI is InChI=1S/C16H25O3PS2/c1-11(2)16(17)19-14-7-3-12(4-8-14)13-5-9-15(10-6-13)20(18)22-21/h12-15H,1,3-10H2,2H3. The molecule has 0 aromatic rings. The molecule has 3 nitrogen and oxygen atoms in total. The van der Waals surface area contributed by atoms with Gasteiger partial charge in [0.25, 0.3) is 0 Å². The van der Waals surface area contributed by atoms with Gasteiger partial charge in [-0.2, -0.15) is 0 Å². The van der Waals surface area contributed by atoms with Gasteiger partial charge in [-0.3, -0.25) is 4.57 Å². The average molecular weight is 360 g/mol. The van der Waals surface area contributed by atoms with E-state index in [1.54, 1.807) is 6.92 Å². The van der Waals surface area contributed by atoms with Gasteiger partial charge < -0.3 is 4.74 Å². The van der Waals surface area contributed by atoms with Crippen molar-refractivity contribution in [2.75, 3.05) is 0 Å². The highest BCUT2D eigenvalue weighted by atomic mass is 32.9. The van der Waals surface area contributed by atoms with E-state index in [9.17, 15) is 9.36 Å². The summed E-state index contributed by atoms with van der Waals surface area (Å²) in [4.78, 5) is 11.6. The molecule has 0 amide bonds. The van der Waals surface area contributed by atoms with Crippen molar-refractivity contribution in [2.45, 2.75) is 70.1 Å². The van der Waals surface area contributed by atoms with E-state index in [2.05, 4.69) is 6.58 Å². The van der Waals surface area contributed by atoms with Crippen LogP contribution in [0.15, 0.2) is 12.2 Å². The van der Waals surface area contributed by atoms with E-state index in [1.807, 2.05) is 0 Å². The zero-order valence-corrected chi connectivity index (χ0v) is 15.7. The van der Waals surface area contributed by atoms with E-state index in [1.165, 1.54) is 12.8 Å². The third kappa shape index (κ3) is 4.87. The van der Waals surface area contributed by atoms with E-state index >= 15 is 0 Å². The molecule has 1 unspecified atom stereocenters. The van der Waals surface area contributed by atoms with Crippen LogP contribution in [0.25, 0.3) is 0 Å². The van der Waals surface area contributed by atoms with Gasteiger partial charge in [0.15, 0.2) is 6.58 Å². The molecule has 2 saturated carbocycles. The van der Waals surface area contributed by atoms with Crippen LogP contribution < -0.4 is 0 Å². The first-order valence-corrected chi connectivity index (χ1v) is 11.8. The summed E-state index contributed by atoms with van der Waals surface area (Å²) < 4.78 is 17.3. The lowest BCUT2D eigenvalue weighted by Gasteiger charge is -2.36. The molecule has 22 heavy (non-hydrogen) atoms. The molecule has 0 aromatic carbocycles. The van der Waals surface area contributed by atoms with Gasteiger partial charge >= 0.3 is 5.97 Å². The van der Waals surface area contributed by atoms with Crippen LogP contribution in [0.2, 0.25) is 0 Å². The third-order valence-corrected chi connectivity index (χ3v) is 9.04. The van der Waals surface area contributed by atoms with Gasteiger partial charge in [-0.15, -0.1) is 0 Å². The molecule has 0 N–H and O–H groups in total. The Labute approximate surface area is 141 Å². The Hall–Kier alpha value is -0.250. The number of hydrogen-bond donors (Lipinski definition) is 0. The molecule has 2 aliphatic carbocycles. The fourth-order valence-electron chi connectivity index (χ4n) is 3.77. The fourth-order valence-corrected chi connectivity index (χ4v) is 6.71. The van der Waals surface area contributed by atoms with Gasteiger partial charge in [0.05, 0.1) is 0 Å². The van der Waals surface area contributed by atoms with Crippen LogP contribution in [-0.4, -0.2) is 17.7 Å². The van der Waals surface area contributed by atoms with Crippen molar-refractivity contribution in [3.8, 4) is 0 Å². The average Bonchev–Trinajstić information content (AvgIpc) is 2.55. The van der Waals surface area contributed by atoms with Gasteiger partial charge in [0, 0.05) is 11.2 Å². The molecule has 0 spiro atoms. The first-order valence-electron chi connectivity index (χ1n) is 8.14. The second-order valence-electron chi connectivity index (χ2n) is 6.65. The lowest BCUT2D eigenvalue weighted by Crippen LogP contribution is -2.30. The summed E-state index contributed by atoms with van der Waals surface area (Å²) in [5.41, 5.74) is 0.816. The second kappa shape index (κ2) is 8.56. The predicted molar refractivity (Wildman–Crippen MR) is 94.7 cm³/mol. The monoisotopic (exact) mass is 360 g/mol. The Morgan fingerprint density at radius 3 is 2.05 bits per heavy atom. The molecule has 6 heteroatoms. The minimum absolute atomic E-state index is 0.0721. The quantitative estimate of drug-likeness (QED) is 0.420. The van der Waals surface area contributed by atoms with Crippen LogP contribution >= 0.6 is 6.58 Å². The Morgan fingerprint density at radius 1 is 1.09 bits per heavy atom. The van der Waals surface area contributed by atoms with Crippen LogP contribution in [0.1, 0.15) is 58.3 Å². The fraction of sp³-hybridized carbons (Fsp3) is 0.812. The molecule has 0 bridgehead atoms.